The largest absolute Gasteiger partial charge is 0.143 e. The quantitative estimate of drug-likeness (QED) is 0.654. The highest BCUT2D eigenvalue weighted by molar-refractivity contribution is 7.12. The molecule has 1 aliphatic carbocycles. The standard InChI is InChI=1S/C12H17ClS/c1-8(2)12-10(13)7-11(14-12)9-5-3-4-6-9/h7-9H,3-6H2,1-2H3. The monoisotopic (exact) mass is 228 g/mol. The van der Waals surface area contributed by atoms with Gasteiger partial charge in [0.15, 0.2) is 0 Å². The van der Waals surface area contributed by atoms with Crippen LogP contribution in [-0.4, -0.2) is 0 Å². The molecular formula is C12H17ClS. The summed E-state index contributed by atoms with van der Waals surface area (Å²) in [6.45, 7) is 4.44. The number of hydrogen-bond donors (Lipinski definition) is 0. The molecule has 0 N–H and O–H groups in total. The molecule has 1 aromatic rings. The zero-order chi connectivity index (χ0) is 10.1. The molecule has 0 saturated heterocycles. The molecule has 78 valence electrons. The summed E-state index contributed by atoms with van der Waals surface area (Å²) in [6, 6.07) is 2.21. The summed E-state index contributed by atoms with van der Waals surface area (Å²) in [5, 5.41) is 0.993. The smallest absolute Gasteiger partial charge is 0.0550 e. The van der Waals surface area contributed by atoms with Gasteiger partial charge in [0.1, 0.15) is 0 Å². The summed E-state index contributed by atoms with van der Waals surface area (Å²) in [5.41, 5.74) is 0. The minimum Gasteiger partial charge on any atom is -0.143 e. The molecule has 0 radical (unpaired) electrons. The molecule has 0 nitrogen and oxygen atoms in total. The van der Waals surface area contributed by atoms with E-state index in [0.29, 0.717) is 5.92 Å². The number of thiophene rings is 1. The van der Waals surface area contributed by atoms with Crippen molar-refractivity contribution in [1.29, 1.82) is 0 Å². The molecule has 1 aromatic heterocycles. The van der Waals surface area contributed by atoms with Gasteiger partial charge in [-0.3, -0.25) is 0 Å². The van der Waals surface area contributed by atoms with Crippen molar-refractivity contribution in [2.45, 2.75) is 51.4 Å². The van der Waals surface area contributed by atoms with Crippen LogP contribution < -0.4 is 0 Å². The van der Waals surface area contributed by atoms with E-state index in [1.54, 1.807) is 0 Å². The van der Waals surface area contributed by atoms with Gasteiger partial charge in [-0.05, 0) is 30.7 Å². The van der Waals surface area contributed by atoms with Gasteiger partial charge < -0.3 is 0 Å². The minimum absolute atomic E-state index is 0.572. The fourth-order valence-electron chi connectivity index (χ4n) is 2.21. The van der Waals surface area contributed by atoms with Gasteiger partial charge in [-0.2, -0.15) is 0 Å². The molecule has 0 atom stereocenters. The molecule has 1 heterocycles. The van der Waals surface area contributed by atoms with E-state index < -0.39 is 0 Å². The van der Waals surface area contributed by atoms with Gasteiger partial charge in [-0.25, -0.2) is 0 Å². The molecule has 0 unspecified atom stereocenters. The Bertz CT molecular complexity index is 308. The van der Waals surface area contributed by atoms with Gasteiger partial charge in [0.2, 0.25) is 0 Å². The van der Waals surface area contributed by atoms with Gasteiger partial charge in [0.25, 0.3) is 0 Å². The van der Waals surface area contributed by atoms with Crippen molar-refractivity contribution in [2.75, 3.05) is 0 Å². The molecule has 0 aromatic carbocycles. The van der Waals surface area contributed by atoms with Gasteiger partial charge in [-0.1, -0.05) is 38.3 Å². The Morgan fingerprint density at radius 3 is 2.50 bits per heavy atom. The third-order valence-electron chi connectivity index (χ3n) is 3.01. The number of hydrogen-bond acceptors (Lipinski definition) is 1. The molecular weight excluding hydrogens is 212 g/mol. The van der Waals surface area contributed by atoms with E-state index in [4.69, 9.17) is 11.6 Å². The Labute approximate surface area is 95.3 Å². The van der Waals surface area contributed by atoms with E-state index in [1.807, 2.05) is 11.3 Å². The summed E-state index contributed by atoms with van der Waals surface area (Å²) in [5.74, 6) is 1.38. The molecule has 2 heteroatoms. The van der Waals surface area contributed by atoms with Crippen LogP contribution in [-0.2, 0) is 0 Å². The van der Waals surface area contributed by atoms with Crippen LogP contribution >= 0.6 is 22.9 Å². The Balaban J connectivity index is 2.22. The van der Waals surface area contributed by atoms with Crippen molar-refractivity contribution in [3.63, 3.8) is 0 Å². The summed E-state index contributed by atoms with van der Waals surface area (Å²) < 4.78 is 0. The molecule has 1 fully saturated rings. The van der Waals surface area contributed by atoms with Crippen LogP contribution in [0, 0.1) is 0 Å². The normalized spacial score (nSPS) is 18.3. The lowest BCUT2D eigenvalue weighted by Crippen LogP contribution is -1.86. The van der Waals surface area contributed by atoms with Crippen molar-refractivity contribution < 1.29 is 0 Å². The summed E-state index contributed by atoms with van der Waals surface area (Å²) >= 11 is 8.16. The predicted molar refractivity (Wildman–Crippen MR) is 64.6 cm³/mol. The molecule has 0 aliphatic heterocycles. The molecule has 2 rings (SSSR count). The first-order valence-corrected chi connectivity index (χ1v) is 6.67. The summed E-state index contributed by atoms with van der Waals surface area (Å²) in [4.78, 5) is 2.89. The lowest BCUT2D eigenvalue weighted by molar-refractivity contribution is 0.738. The Kier molecular flexibility index (Phi) is 3.18. The maximum absolute atomic E-state index is 6.23. The summed E-state index contributed by atoms with van der Waals surface area (Å²) in [6.07, 6.45) is 5.54. The second-order valence-corrected chi connectivity index (χ2v) is 6.02. The van der Waals surface area contributed by atoms with Crippen molar-refractivity contribution in [2.24, 2.45) is 0 Å². The Morgan fingerprint density at radius 2 is 2.00 bits per heavy atom. The van der Waals surface area contributed by atoms with E-state index in [0.717, 1.165) is 10.9 Å². The molecule has 0 amide bonds. The maximum atomic E-state index is 6.23. The first kappa shape index (κ1) is 10.5. The van der Waals surface area contributed by atoms with E-state index in [1.165, 1.54) is 35.4 Å². The average molecular weight is 229 g/mol. The first-order chi connectivity index (χ1) is 6.68. The highest BCUT2D eigenvalue weighted by Crippen LogP contribution is 2.42. The third kappa shape index (κ3) is 1.99. The maximum Gasteiger partial charge on any atom is 0.0550 e. The van der Waals surface area contributed by atoms with Crippen molar-refractivity contribution in [3.05, 3.63) is 20.8 Å². The Hall–Kier alpha value is -0.0100. The molecule has 0 spiro atoms. The van der Waals surface area contributed by atoms with Gasteiger partial charge in [0.05, 0.1) is 5.02 Å². The SMILES string of the molecule is CC(C)c1sc(C2CCCC2)cc1Cl. The molecule has 14 heavy (non-hydrogen) atoms. The van der Waals surface area contributed by atoms with Crippen LogP contribution in [0.3, 0.4) is 0 Å². The zero-order valence-corrected chi connectivity index (χ0v) is 10.4. The molecule has 1 saturated carbocycles. The van der Waals surface area contributed by atoms with E-state index >= 15 is 0 Å². The van der Waals surface area contributed by atoms with Crippen molar-refractivity contribution >= 4 is 22.9 Å². The highest BCUT2D eigenvalue weighted by Gasteiger charge is 2.21. The van der Waals surface area contributed by atoms with Crippen LogP contribution in [0.25, 0.3) is 0 Å². The van der Waals surface area contributed by atoms with Crippen LogP contribution in [0.5, 0.6) is 0 Å². The number of rotatable bonds is 2. The summed E-state index contributed by atoms with van der Waals surface area (Å²) in [7, 11) is 0. The van der Waals surface area contributed by atoms with E-state index in [-0.39, 0.29) is 0 Å². The first-order valence-electron chi connectivity index (χ1n) is 5.47. The second-order valence-electron chi connectivity index (χ2n) is 4.50. The lowest BCUT2D eigenvalue weighted by atomic mass is 10.1. The minimum atomic E-state index is 0.572. The Morgan fingerprint density at radius 1 is 1.36 bits per heavy atom. The van der Waals surface area contributed by atoms with E-state index in [9.17, 15) is 0 Å². The topological polar surface area (TPSA) is 0 Å². The highest BCUT2D eigenvalue weighted by atomic mass is 35.5. The third-order valence-corrected chi connectivity index (χ3v) is 5.04. The molecule has 0 bridgehead atoms. The average Bonchev–Trinajstić information content (AvgIpc) is 2.70. The fraction of sp³-hybridized carbons (Fsp3) is 0.667. The van der Waals surface area contributed by atoms with Crippen LogP contribution in [0.15, 0.2) is 6.07 Å². The van der Waals surface area contributed by atoms with Gasteiger partial charge in [0, 0.05) is 9.75 Å². The van der Waals surface area contributed by atoms with E-state index in [2.05, 4.69) is 19.9 Å². The van der Waals surface area contributed by atoms with Crippen molar-refractivity contribution in [3.8, 4) is 0 Å². The second kappa shape index (κ2) is 4.24. The molecule has 1 aliphatic rings. The lowest BCUT2D eigenvalue weighted by Gasteiger charge is -2.04. The van der Waals surface area contributed by atoms with Crippen molar-refractivity contribution in [1.82, 2.24) is 0 Å². The van der Waals surface area contributed by atoms with Gasteiger partial charge in [-0.15, -0.1) is 11.3 Å². The van der Waals surface area contributed by atoms with Crippen LogP contribution in [0.1, 0.15) is 61.1 Å². The zero-order valence-electron chi connectivity index (χ0n) is 8.85. The van der Waals surface area contributed by atoms with Gasteiger partial charge >= 0.3 is 0 Å². The predicted octanol–water partition coefficient (Wildman–Crippen LogP) is 5.18. The van der Waals surface area contributed by atoms with Crippen LogP contribution in [0.4, 0.5) is 0 Å². The van der Waals surface area contributed by atoms with Crippen LogP contribution in [0.2, 0.25) is 5.02 Å². The fourth-order valence-corrected chi connectivity index (χ4v) is 3.95. The number of halogens is 1.